The monoisotopic (exact) mass is 452 g/mol. The summed E-state index contributed by atoms with van der Waals surface area (Å²) in [6.45, 7) is 3.00. The number of rotatable bonds is 7. The molecule has 3 N–H and O–H groups in total. The SMILES string of the molecule is O=C(NCC/C=C/c1ccncc1)c1ccccc1CN1CCc2c([nH]c3ccc(O)cc23)C1. The van der Waals surface area contributed by atoms with Gasteiger partial charge in [-0.2, -0.15) is 0 Å². The Morgan fingerprint density at radius 1 is 1.15 bits per heavy atom. The molecule has 6 nitrogen and oxygen atoms in total. The van der Waals surface area contributed by atoms with E-state index in [1.807, 2.05) is 54.6 Å². The summed E-state index contributed by atoms with van der Waals surface area (Å²) in [5, 5.41) is 14.0. The van der Waals surface area contributed by atoms with Crippen molar-refractivity contribution >= 4 is 22.9 Å². The van der Waals surface area contributed by atoms with E-state index >= 15 is 0 Å². The van der Waals surface area contributed by atoms with Crippen LogP contribution < -0.4 is 5.32 Å². The third-order valence-corrected chi connectivity index (χ3v) is 6.31. The van der Waals surface area contributed by atoms with Crippen LogP contribution in [0.5, 0.6) is 5.75 Å². The van der Waals surface area contributed by atoms with Gasteiger partial charge in [0, 0.05) is 60.7 Å². The van der Waals surface area contributed by atoms with Gasteiger partial charge in [0.1, 0.15) is 5.75 Å². The third-order valence-electron chi connectivity index (χ3n) is 6.31. The van der Waals surface area contributed by atoms with Crippen LogP contribution in [0.4, 0.5) is 0 Å². The van der Waals surface area contributed by atoms with Gasteiger partial charge in [0.25, 0.3) is 5.91 Å². The number of H-pyrrole nitrogens is 1. The molecule has 1 aliphatic rings. The molecule has 1 amide bonds. The highest BCUT2D eigenvalue weighted by Crippen LogP contribution is 2.30. The molecule has 172 valence electrons. The van der Waals surface area contributed by atoms with Gasteiger partial charge in [-0.05, 0) is 65.9 Å². The number of fused-ring (bicyclic) bond motifs is 3. The molecular weight excluding hydrogens is 424 g/mol. The highest BCUT2D eigenvalue weighted by molar-refractivity contribution is 5.95. The maximum atomic E-state index is 12.9. The Morgan fingerprint density at radius 2 is 2.00 bits per heavy atom. The summed E-state index contributed by atoms with van der Waals surface area (Å²) in [6, 6.07) is 17.2. The first-order valence-corrected chi connectivity index (χ1v) is 11.6. The molecule has 6 heteroatoms. The molecule has 0 radical (unpaired) electrons. The molecule has 0 aliphatic carbocycles. The second kappa shape index (κ2) is 9.93. The van der Waals surface area contributed by atoms with E-state index < -0.39 is 0 Å². The third kappa shape index (κ3) is 4.87. The summed E-state index contributed by atoms with van der Waals surface area (Å²) >= 11 is 0. The highest BCUT2D eigenvalue weighted by Gasteiger charge is 2.22. The van der Waals surface area contributed by atoms with E-state index in [1.54, 1.807) is 18.5 Å². The van der Waals surface area contributed by atoms with Crippen molar-refractivity contribution in [1.29, 1.82) is 0 Å². The Hall–Kier alpha value is -3.90. The van der Waals surface area contributed by atoms with Gasteiger partial charge in [0.2, 0.25) is 0 Å². The molecule has 0 saturated carbocycles. The van der Waals surface area contributed by atoms with Crippen LogP contribution in [-0.2, 0) is 19.5 Å². The smallest absolute Gasteiger partial charge is 0.251 e. The van der Waals surface area contributed by atoms with Crippen molar-refractivity contribution in [1.82, 2.24) is 20.2 Å². The molecular formula is C28H28N4O2. The van der Waals surface area contributed by atoms with Crippen molar-refractivity contribution in [3.8, 4) is 5.75 Å². The van der Waals surface area contributed by atoms with Gasteiger partial charge < -0.3 is 15.4 Å². The van der Waals surface area contributed by atoms with Crippen molar-refractivity contribution in [2.45, 2.75) is 25.9 Å². The molecule has 34 heavy (non-hydrogen) atoms. The maximum absolute atomic E-state index is 12.9. The van der Waals surface area contributed by atoms with Gasteiger partial charge >= 0.3 is 0 Å². The number of phenols is 1. The lowest BCUT2D eigenvalue weighted by atomic mass is 10.0. The number of phenolic OH excluding ortho intramolecular Hbond substituents is 1. The first-order valence-electron chi connectivity index (χ1n) is 11.6. The predicted octanol–water partition coefficient (Wildman–Crippen LogP) is 4.66. The number of benzene rings is 2. The van der Waals surface area contributed by atoms with E-state index in [1.165, 1.54) is 11.3 Å². The number of carbonyl (C=O) groups excluding carboxylic acids is 1. The Bertz CT molecular complexity index is 1330. The fourth-order valence-electron chi connectivity index (χ4n) is 4.60. The lowest BCUT2D eigenvalue weighted by Gasteiger charge is -2.27. The molecule has 4 aromatic rings. The van der Waals surface area contributed by atoms with E-state index in [9.17, 15) is 9.90 Å². The van der Waals surface area contributed by atoms with Gasteiger partial charge in [-0.3, -0.25) is 14.7 Å². The molecule has 0 spiro atoms. The first-order chi connectivity index (χ1) is 16.7. The molecule has 1 aliphatic heterocycles. The van der Waals surface area contributed by atoms with Gasteiger partial charge in [0.15, 0.2) is 0 Å². The Balaban J connectivity index is 1.21. The molecule has 0 fully saturated rings. The average molecular weight is 453 g/mol. The van der Waals surface area contributed by atoms with Crippen LogP contribution in [-0.4, -0.2) is 39.0 Å². The van der Waals surface area contributed by atoms with Crippen LogP contribution in [0.3, 0.4) is 0 Å². The van der Waals surface area contributed by atoms with Crippen molar-refractivity contribution in [3.05, 3.63) is 101 Å². The summed E-state index contributed by atoms with van der Waals surface area (Å²) in [7, 11) is 0. The molecule has 2 aromatic carbocycles. The quantitative estimate of drug-likeness (QED) is 0.356. The van der Waals surface area contributed by atoms with Gasteiger partial charge in [-0.25, -0.2) is 0 Å². The topological polar surface area (TPSA) is 81.2 Å². The minimum atomic E-state index is -0.0355. The van der Waals surface area contributed by atoms with Crippen molar-refractivity contribution in [3.63, 3.8) is 0 Å². The number of amides is 1. The van der Waals surface area contributed by atoms with Crippen LogP contribution in [0.15, 0.2) is 73.1 Å². The number of hydrogen-bond acceptors (Lipinski definition) is 4. The second-order valence-corrected chi connectivity index (χ2v) is 8.66. The van der Waals surface area contributed by atoms with E-state index in [0.717, 1.165) is 53.5 Å². The zero-order valence-corrected chi connectivity index (χ0v) is 19.0. The predicted molar refractivity (Wildman–Crippen MR) is 134 cm³/mol. The second-order valence-electron chi connectivity index (χ2n) is 8.66. The number of nitrogens with zero attached hydrogens (tertiary/aromatic N) is 2. The molecule has 3 heterocycles. The number of hydrogen-bond donors (Lipinski definition) is 3. The van der Waals surface area contributed by atoms with Crippen LogP contribution in [0.2, 0.25) is 0 Å². The normalized spacial score (nSPS) is 13.9. The summed E-state index contributed by atoms with van der Waals surface area (Å²) in [4.78, 5) is 22.8. The Labute approximate surface area is 199 Å². The summed E-state index contributed by atoms with van der Waals surface area (Å²) in [5.41, 5.74) is 6.39. The largest absolute Gasteiger partial charge is 0.508 e. The number of aromatic nitrogens is 2. The lowest BCUT2D eigenvalue weighted by Crippen LogP contribution is -2.31. The lowest BCUT2D eigenvalue weighted by molar-refractivity contribution is 0.0952. The summed E-state index contributed by atoms with van der Waals surface area (Å²) in [6.07, 6.45) is 9.32. The Morgan fingerprint density at radius 3 is 2.88 bits per heavy atom. The van der Waals surface area contributed by atoms with E-state index in [4.69, 9.17) is 0 Å². The number of pyridine rings is 1. The van der Waals surface area contributed by atoms with Crippen LogP contribution in [0.25, 0.3) is 17.0 Å². The van der Waals surface area contributed by atoms with E-state index in [2.05, 4.69) is 26.3 Å². The molecule has 0 saturated heterocycles. The van der Waals surface area contributed by atoms with Crippen molar-refractivity contribution < 1.29 is 9.90 Å². The van der Waals surface area contributed by atoms with Gasteiger partial charge in [-0.1, -0.05) is 30.4 Å². The van der Waals surface area contributed by atoms with Crippen LogP contribution >= 0.6 is 0 Å². The average Bonchev–Trinajstić information content (AvgIpc) is 3.21. The fourth-order valence-corrected chi connectivity index (χ4v) is 4.60. The Kier molecular flexibility index (Phi) is 6.40. The van der Waals surface area contributed by atoms with Crippen LogP contribution in [0.1, 0.15) is 39.2 Å². The first kappa shape index (κ1) is 21.9. The fraction of sp³-hybridized carbons (Fsp3) is 0.214. The van der Waals surface area contributed by atoms with Crippen molar-refractivity contribution in [2.75, 3.05) is 13.1 Å². The molecule has 2 aromatic heterocycles. The summed E-state index contributed by atoms with van der Waals surface area (Å²) in [5.74, 6) is 0.260. The minimum absolute atomic E-state index is 0.0355. The van der Waals surface area contributed by atoms with E-state index in [-0.39, 0.29) is 5.91 Å². The van der Waals surface area contributed by atoms with Gasteiger partial charge in [0.05, 0.1) is 0 Å². The molecule has 0 unspecified atom stereocenters. The number of carbonyl (C=O) groups is 1. The van der Waals surface area contributed by atoms with Gasteiger partial charge in [-0.15, -0.1) is 0 Å². The minimum Gasteiger partial charge on any atom is -0.508 e. The number of nitrogens with one attached hydrogen (secondary N) is 2. The van der Waals surface area contributed by atoms with Crippen LogP contribution in [0, 0.1) is 0 Å². The number of aromatic hydroxyl groups is 1. The standard InChI is InChI=1S/C28H28N4O2/c33-22-8-9-26-25(17-22)24-12-16-32(19-27(24)31-26)18-21-6-1-2-7-23(21)28(34)30-13-4-3-5-20-10-14-29-15-11-20/h1-3,5-11,14-15,17,31,33H,4,12-13,16,18-19H2,(H,30,34)/b5-3+. The van der Waals surface area contributed by atoms with E-state index in [0.29, 0.717) is 18.8 Å². The molecule has 5 rings (SSSR count). The highest BCUT2D eigenvalue weighted by atomic mass is 16.3. The zero-order valence-electron chi connectivity index (χ0n) is 19.0. The zero-order chi connectivity index (χ0) is 23.3. The summed E-state index contributed by atoms with van der Waals surface area (Å²) < 4.78 is 0. The maximum Gasteiger partial charge on any atom is 0.251 e. The molecule has 0 bridgehead atoms. The number of aromatic amines is 1. The van der Waals surface area contributed by atoms with Crippen molar-refractivity contribution in [2.24, 2.45) is 0 Å². The molecule has 0 atom stereocenters.